The van der Waals surface area contributed by atoms with E-state index < -0.39 is 5.97 Å². The zero-order valence-electron chi connectivity index (χ0n) is 12.6. The van der Waals surface area contributed by atoms with Crippen molar-refractivity contribution >= 4 is 22.8 Å². The molecule has 1 N–H and O–H groups in total. The number of aromatic nitrogens is 1. The summed E-state index contributed by atoms with van der Waals surface area (Å²) in [7, 11) is 1.87. The third-order valence-corrected chi connectivity index (χ3v) is 3.47. The van der Waals surface area contributed by atoms with Crippen molar-refractivity contribution < 1.29 is 14.3 Å². The summed E-state index contributed by atoms with van der Waals surface area (Å²) in [6.07, 6.45) is 2.56. The van der Waals surface area contributed by atoms with Crippen LogP contribution in [0.25, 0.3) is 10.9 Å². The van der Waals surface area contributed by atoms with Crippen LogP contribution in [0.3, 0.4) is 0 Å². The Morgan fingerprint density at radius 3 is 2.76 bits per heavy atom. The Bertz CT molecular complexity index is 661. The maximum absolute atomic E-state index is 12.1. The van der Waals surface area contributed by atoms with E-state index in [1.165, 1.54) is 0 Å². The lowest BCUT2D eigenvalue weighted by Crippen LogP contribution is -2.35. The van der Waals surface area contributed by atoms with Crippen LogP contribution in [-0.2, 0) is 16.6 Å². The fourth-order valence-electron chi connectivity index (χ4n) is 2.13. The number of amides is 1. The van der Waals surface area contributed by atoms with Crippen molar-refractivity contribution in [1.29, 1.82) is 0 Å². The van der Waals surface area contributed by atoms with Crippen LogP contribution in [-0.4, -0.2) is 29.1 Å². The van der Waals surface area contributed by atoms with Crippen molar-refractivity contribution in [2.45, 2.75) is 26.3 Å². The van der Waals surface area contributed by atoms with Gasteiger partial charge in [0.1, 0.15) is 0 Å². The Balaban J connectivity index is 2.04. The normalized spacial score (nSPS) is 12.1. The van der Waals surface area contributed by atoms with Gasteiger partial charge in [0.25, 0.3) is 5.91 Å². The van der Waals surface area contributed by atoms with Crippen LogP contribution in [0.2, 0.25) is 0 Å². The van der Waals surface area contributed by atoms with Crippen LogP contribution < -0.4 is 5.32 Å². The van der Waals surface area contributed by atoms with E-state index in [1.54, 1.807) is 6.20 Å². The maximum atomic E-state index is 12.1. The van der Waals surface area contributed by atoms with Crippen LogP contribution in [0.4, 0.5) is 0 Å². The predicted molar refractivity (Wildman–Crippen MR) is 81.1 cm³/mol. The summed E-state index contributed by atoms with van der Waals surface area (Å²) in [5.41, 5.74) is 1.43. The van der Waals surface area contributed by atoms with E-state index in [2.05, 4.69) is 5.32 Å². The number of carbonyl (C=O) groups is 2. The number of benzene rings is 1. The van der Waals surface area contributed by atoms with E-state index in [0.717, 1.165) is 17.3 Å². The summed E-state index contributed by atoms with van der Waals surface area (Å²) in [6.45, 7) is 3.63. The van der Waals surface area contributed by atoms with Gasteiger partial charge in [-0.15, -0.1) is 0 Å². The molecule has 0 aliphatic carbocycles. The highest BCUT2D eigenvalue weighted by Crippen LogP contribution is 2.20. The van der Waals surface area contributed by atoms with Gasteiger partial charge in [0, 0.05) is 30.2 Å². The van der Waals surface area contributed by atoms with Gasteiger partial charge in [-0.2, -0.15) is 0 Å². The minimum Gasteiger partial charge on any atom is -0.452 e. The fourth-order valence-corrected chi connectivity index (χ4v) is 2.13. The first kappa shape index (κ1) is 15.1. The van der Waals surface area contributed by atoms with Gasteiger partial charge in [-0.05, 0) is 19.4 Å². The molecule has 0 saturated heterocycles. The molecule has 112 valence electrons. The van der Waals surface area contributed by atoms with E-state index in [-0.39, 0.29) is 18.6 Å². The number of hydrogen-bond acceptors (Lipinski definition) is 3. The minimum absolute atomic E-state index is 0.0776. The van der Waals surface area contributed by atoms with Gasteiger partial charge in [0.05, 0.1) is 5.56 Å². The molecule has 2 rings (SSSR count). The third-order valence-electron chi connectivity index (χ3n) is 3.47. The summed E-state index contributed by atoms with van der Waals surface area (Å²) in [6, 6.07) is 7.66. The molecule has 0 aliphatic rings. The van der Waals surface area contributed by atoms with Gasteiger partial charge in [-0.25, -0.2) is 4.79 Å². The molecule has 1 amide bonds. The Morgan fingerprint density at radius 1 is 1.33 bits per heavy atom. The Morgan fingerprint density at radius 2 is 2.05 bits per heavy atom. The zero-order valence-corrected chi connectivity index (χ0v) is 12.6. The number of ether oxygens (including phenoxy) is 1. The van der Waals surface area contributed by atoms with Crippen molar-refractivity contribution in [1.82, 2.24) is 9.88 Å². The van der Waals surface area contributed by atoms with Gasteiger partial charge in [-0.1, -0.05) is 25.1 Å². The van der Waals surface area contributed by atoms with E-state index in [0.29, 0.717) is 5.56 Å². The number of para-hydroxylation sites is 1. The molecule has 1 heterocycles. The Labute approximate surface area is 123 Å². The van der Waals surface area contributed by atoms with Gasteiger partial charge < -0.3 is 14.6 Å². The van der Waals surface area contributed by atoms with Crippen molar-refractivity contribution in [3.05, 3.63) is 36.0 Å². The second-order valence-electron chi connectivity index (χ2n) is 5.12. The molecular formula is C16H20N2O3. The molecule has 1 aromatic heterocycles. The number of nitrogens with zero attached hydrogens (tertiary/aromatic N) is 1. The van der Waals surface area contributed by atoms with Crippen molar-refractivity contribution in [2.24, 2.45) is 7.05 Å². The number of aryl methyl sites for hydroxylation is 1. The lowest BCUT2D eigenvalue weighted by Gasteiger charge is -2.11. The molecule has 0 bridgehead atoms. The highest BCUT2D eigenvalue weighted by molar-refractivity contribution is 6.04. The van der Waals surface area contributed by atoms with E-state index in [9.17, 15) is 9.59 Å². The van der Waals surface area contributed by atoms with Crippen molar-refractivity contribution in [2.75, 3.05) is 6.61 Å². The van der Waals surface area contributed by atoms with Crippen LogP contribution in [0.1, 0.15) is 30.6 Å². The third kappa shape index (κ3) is 3.42. The number of hydrogen-bond donors (Lipinski definition) is 1. The summed E-state index contributed by atoms with van der Waals surface area (Å²) in [5, 5.41) is 3.58. The van der Waals surface area contributed by atoms with Crippen LogP contribution >= 0.6 is 0 Å². The smallest absolute Gasteiger partial charge is 0.340 e. The summed E-state index contributed by atoms with van der Waals surface area (Å²) in [4.78, 5) is 23.7. The SMILES string of the molecule is CC[C@H](C)NC(=O)COC(=O)c1cn(C)c2ccccc12. The van der Waals surface area contributed by atoms with Gasteiger partial charge in [0.15, 0.2) is 6.61 Å². The minimum atomic E-state index is -0.480. The highest BCUT2D eigenvalue weighted by Gasteiger charge is 2.16. The Kier molecular flexibility index (Phi) is 4.62. The number of nitrogens with one attached hydrogen (secondary N) is 1. The standard InChI is InChI=1S/C16H20N2O3/c1-4-11(2)17-15(19)10-21-16(20)13-9-18(3)14-8-6-5-7-12(13)14/h5-9,11H,4,10H2,1-3H3,(H,17,19)/t11-/m0/s1. The highest BCUT2D eigenvalue weighted by atomic mass is 16.5. The molecule has 0 unspecified atom stereocenters. The number of carbonyl (C=O) groups excluding carboxylic acids is 2. The predicted octanol–water partition coefficient (Wildman–Crippen LogP) is 2.25. The van der Waals surface area contributed by atoms with Crippen LogP contribution in [0.5, 0.6) is 0 Å². The second kappa shape index (κ2) is 6.43. The van der Waals surface area contributed by atoms with Crippen molar-refractivity contribution in [3.8, 4) is 0 Å². The molecule has 1 atom stereocenters. The van der Waals surface area contributed by atoms with E-state index in [1.807, 2.05) is 49.7 Å². The summed E-state index contributed by atoms with van der Waals surface area (Å²) < 4.78 is 6.96. The number of fused-ring (bicyclic) bond motifs is 1. The van der Waals surface area contributed by atoms with Crippen LogP contribution in [0, 0.1) is 0 Å². The molecule has 0 fully saturated rings. The van der Waals surface area contributed by atoms with Gasteiger partial charge >= 0.3 is 5.97 Å². The second-order valence-corrected chi connectivity index (χ2v) is 5.12. The molecule has 21 heavy (non-hydrogen) atoms. The van der Waals surface area contributed by atoms with Gasteiger partial charge in [0.2, 0.25) is 0 Å². The molecule has 0 radical (unpaired) electrons. The molecule has 0 spiro atoms. The lowest BCUT2D eigenvalue weighted by molar-refractivity contribution is -0.124. The number of rotatable bonds is 5. The monoisotopic (exact) mass is 288 g/mol. The molecule has 2 aromatic rings. The average Bonchev–Trinajstić information content (AvgIpc) is 2.82. The molecule has 5 nitrogen and oxygen atoms in total. The number of esters is 1. The quantitative estimate of drug-likeness (QED) is 0.858. The summed E-state index contributed by atoms with van der Waals surface area (Å²) in [5.74, 6) is -0.760. The fraction of sp³-hybridized carbons (Fsp3) is 0.375. The first-order chi connectivity index (χ1) is 10.0. The summed E-state index contributed by atoms with van der Waals surface area (Å²) >= 11 is 0. The Hall–Kier alpha value is -2.30. The van der Waals surface area contributed by atoms with E-state index in [4.69, 9.17) is 4.74 Å². The largest absolute Gasteiger partial charge is 0.452 e. The molecule has 5 heteroatoms. The van der Waals surface area contributed by atoms with Gasteiger partial charge in [-0.3, -0.25) is 4.79 Å². The lowest BCUT2D eigenvalue weighted by atomic mass is 10.2. The zero-order chi connectivity index (χ0) is 15.4. The average molecular weight is 288 g/mol. The van der Waals surface area contributed by atoms with Crippen LogP contribution in [0.15, 0.2) is 30.5 Å². The molecular weight excluding hydrogens is 268 g/mol. The first-order valence-electron chi connectivity index (χ1n) is 7.03. The van der Waals surface area contributed by atoms with E-state index >= 15 is 0 Å². The first-order valence-corrected chi connectivity index (χ1v) is 7.03. The maximum Gasteiger partial charge on any atom is 0.340 e. The molecule has 0 aliphatic heterocycles. The van der Waals surface area contributed by atoms with Crippen molar-refractivity contribution in [3.63, 3.8) is 0 Å². The molecule has 0 saturated carbocycles. The molecule has 1 aromatic carbocycles. The topological polar surface area (TPSA) is 60.3 Å².